The summed E-state index contributed by atoms with van der Waals surface area (Å²) in [5.74, 6) is 0. The van der Waals surface area contributed by atoms with Crippen molar-refractivity contribution in [2.75, 3.05) is 0 Å². The molecule has 12 rings (SSSR count). The minimum absolute atomic E-state index is 1.05. The molecule has 0 aliphatic heterocycles. The summed E-state index contributed by atoms with van der Waals surface area (Å²) in [6.07, 6.45) is 0. The third kappa shape index (κ3) is 5.54. The fourth-order valence-electron chi connectivity index (χ4n) is 9.34. The highest BCUT2D eigenvalue weighted by molar-refractivity contribution is 9.10. The van der Waals surface area contributed by atoms with Crippen LogP contribution in [-0.2, 0) is 0 Å². The van der Waals surface area contributed by atoms with Crippen molar-refractivity contribution in [1.29, 1.82) is 0 Å². The van der Waals surface area contributed by atoms with Crippen LogP contribution in [0.3, 0.4) is 0 Å². The summed E-state index contributed by atoms with van der Waals surface area (Å²) in [6, 6.07) is 77.7. The molecule has 0 fully saturated rings. The highest BCUT2D eigenvalue weighted by Gasteiger charge is 2.17. The minimum Gasteiger partial charge on any atom is -0.309 e. The van der Waals surface area contributed by atoms with Crippen LogP contribution >= 0.6 is 15.9 Å². The number of hydrogen-bond donors (Lipinski definition) is 0. The molecule has 0 saturated heterocycles. The zero-order valence-electron chi connectivity index (χ0n) is 32.0. The Labute approximate surface area is 350 Å². The van der Waals surface area contributed by atoms with Crippen LogP contribution in [0.1, 0.15) is 0 Å². The summed E-state index contributed by atoms with van der Waals surface area (Å²) in [5, 5.41) is 9.97. The van der Waals surface area contributed by atoms with Crippen LogP contribution in [0.5, 0.6) is 0 Å². The SMILES string of the molecule is Brc1cc(-c2ccc3c(c2)c2ccccc2n3-c2ccc(-c3ccc4ccccc4c3)cc2)cc(-c2ccc3c(c2)c2ccccc2n3-c2cccc3ccccc23)c1. The first-order chi connectivity index (χ1) is 29.1. The van der Waals surface area contributed by atoms with Gasteiger partial charge in [0.05, 0.1) is 27.8 Å². The smallest absolute Gasteiger partial charge is 0.0541 e. The van der Waals surface area contributed by atoms with Gasteiger partial charge in [0.25, 0.3) is 0 Å². The van der Waals surface area contributed by atoms with E-state index in [2.05, 4.69) is 237 Å². The molecule has 0 spiro atoms. The standard InChI is InChI=1S/C56H35BrN2/c57-45-32-43(31-44(33-45)42-25-29-56-51(35-42)49-16-6-8-18-54(49)59(56)52-19-9-13-38-11-3-4-14-47(38)52)41-24-28-55-50(34-41)48-15-5-7-17-53(48)58(55)46-26-22-37(23-27-46)40-21-20-36-10-1-2-12-39(36)30-40/h1-35H. The van der Waals surface area contributed by atoms with Crippen molar-refractivity contribution in [3.05, 3.63) is 217 Å². The van der Waals surface area contributed by atoms with Crippen LogP contribution in [0.15, 0.2) is 217 Å². The number of para-hydroxylation sites is 2. The molecule has 10 aromatic carbocycles. The molecule has 12 aromatic rings. The molecule has 0 aliphatic rings. The molecule has 0 bridgehead atoms. The average Bonchev–Trinajstić information content (AvgIpc) is 3.80. The molecular weight excluding hydrogens is 781 g/mol. The summed E-state index contributed by atoms with van der Waals surface area (Å²) in [5.41, 5.74) is 14.3. The van der Waals surface area contributed by atoms with Gasteiger partial charge < -0.3 is 9.13 Å². The molecular formula is C56H35BrN2. The van der Waals surface area contributed by atoms with Gasteiger partial charge in [-0.15, -0.1) is 0 Å². The maximum atomic E-state index is 3.91. The first-order valence-corrected chi connectivity index (χ1v) is 20.9. The number of fused-ring (bicyclic) bond motifs is 8. The van der Waals surface area contributed by atoms with Gasteiger partial charge in [0.15, 0.2) is 0 Å². The lowest BCUT2D eigenvalue weighted by Crippen LogP contribution is -1.95. The molecule has 0 aliphatic carbocycles. The molecule has 0 unspecified atom stereocenters. The predicted molar refractivity (Wildman–Crippen MR) is 254 cm³/mol. The number of benzene rings is 10. The minimum atomic E-state index is 1.05. The van der Waals surface area contributed by atoms with Gasteiger partial charge >= 0.3 is 0 Å². The van der Waals surface area contributed by atoms with E-state index in [1.54, 1.807) is 0 Å². The molecule has 276 valence electrons. The molecule has 59 heavy (non-hydrogen) atoms. The Bertz CT molecular complexity index is 3620. The Morgan fingerprint density at radius 2 is 0.763 bits per heavy atom. The molecule has 0 saturated carbocycles. The Hall–Kier alpha value is -7.20. The Morgan fingerprint density at radius 3 is 1.46 bits per heavy atom. The molecule has 2 heterocycles. The van der Waals surface area contributed by atoms with E-state index < -0.39 is 0 Å². The van der Waals surface area contributed by atoms with E-state index in [4.69, 9.17) is 0 Å². The van der Waals surface area contributed by atoms with E-state index in [0.717, 1.165) is 10.2 Å². The largest absolute Gasteiger partial charge is 0.309 e. The van der Waals surface area contributed by atoms with Gasteiger partial charge in [-0.3, -0.25) is 0 Å². The number of hydrogen-bond acceptors (Lipinski definition) is 0. The van der Waals surface area contributed by atoms with Gasteiger partial charge in [-0.1, -0.05) is 149 Å². The maximum Gasteiger partial charge on any atom is 0.0541 e. The normalized spacial score (nSPS) is 11.8. The van der Waals surface area contributed by atoms with Gasteiger partial charge in [-0.25, -0.2) is 0 Å². The van der Waals surface area contributed by atoms with Crippen molar-refractivity contribution >= 4 is 81.1 Å². The van der Waals surface area contributed by atoms with Gasteiger partial charge in [0.1, 0.15) is 0 Å². The summed E-state index contributed by atoms with van der Waals surface area (Å²) in [6.45, 7) is 0. The van der Waals surface area contributed by atoms with Crippen LogP contribution in [-0.4, -0.2) is 9.13 Å². The summed E-state index contributed by atoms with van der Waals surface area (Å²) in [4.78, 5) is 0. The lowest BCUT2D eigenvalue weighted by molar-refractivity contribution is 1.18. The highest BCUT2D eigenvalue weighted by Crippen LogP contribution is 2.40. The fourth-order valence-corrected chi connectivity index (χ4v) is 9.83. The predicted octanol–water partition coefficient (Wildman–Crippen LogP) is 16.0. The van der Waals surface area contributed by atoms with Gasteiger partial charge in [-0.2, -0.15) is 0 Å². The van der Waals surface area contributed by atoms with Gasteiger partial charge in [0.2, 0.25) is 0 Å². The van der Waals surface area contributed by atoms with Crippen LogP contribution in [0.25, 0.3) is 110 Å². The molecule has 0 N–H and O–H groups in total. The average molecular weight is 816 g/mol. The summed E-state index contributed by atoms with van der Waals surface area (Å²) < 4.78 is 5.88. The fraction of sp³-hybridized carbons (Fsp3) is 0. The zero-order valence-corrected chi connectivity index (χ0v) is 33.6. The highest BCUT2D eigenvalue weighted by atomic mass is 79.9. The Kier molecular flexibility index (Phi) is 7.72. The summed E-state index contributed by atoms with van der Waals surface area (Å²) >= 11 is 3.91. The Balaban J connectivity index is 0.947. The lowest BCUT2D eigenvalue weighted by Gasteiger charge is -2.12. The second-order valence-electron chi connectivity index (χ2n) is 15.5. The van der Waals surface area contributed by atoms with Crippen LogP contribution in [0, 0.1) is 0 Å². The zero-order chi connectivity index (χ0) is 39.0. The Morgan fingerprint density at radius 1 is 0.271 bits per heavy atom. The van der Waals surface area contributed by atoms with Gasteiger partial charge in [0, 0.05) is 37.1 Å². The second kappa shape index (κ2) is 13.4. The number of aromatic nitrogens is 2. The van der Waals surface area contributed by atoms with E-state index in [1.165, 1.54) is 104 Å². The molecule has 3 heteroatoms. The van der Waals surface area contributed by atoms with Gasteiger partial charge in [-0.05, 0) is 128 Å². The van der Waals surface area contributed by atoms with Crippen molar-refractivity contribution in [3.63, 3.8) is 0 Å². The molecule has 0 radical (unpaired) electrons. The van der Waals surface area contributed by atoms with Crippen molar-refractivity contribution in [1.82, 2.24) is 9.13 Å². The number of nitrogens with zero attached hydrogens (tertiary/aromatic N) is 2. The lowest BCUT2D eigenvalue weighted by atomic mass is 9.97. The molecule has 0 atom stereocenters. The third-order valence-corrected chi connectivity index (χ3v) is 12.6. The van der Waals surface area contributed by atoms with E-state index in [0.29, 0.717) is 0 Å². The van der Waals surface area contributed by atoms with Crippen molar-refractivity contribution in [3.8, 4) is 44.8 Å². The van der Waals surface area contributed by atoms with Crippen molar-refractivity contribution in [2.45, 2.75) is 0 Å². The van der Waals surface area contributed by atoms with E-state index in [9.17, 15) is 0 Å². The van der Waals surface area contributed by atoms with Crippen molar-refractivity contribution in [2.24, 2.45) is 0 Å². The molecule has 0 amide bonds. The quantitative estimate of drug-likeness (QED) is 0.164. The molecule has 2 nitrogen and oxygen atoms in total. The van der Waals surface area contributed by atoms with E-state index in [1.807, 2.05) is 0 Å². The molecule has 2 aromatic heterocycles. The van der Waals surface area contributed by atoms with Crippen LogP contribution in [0.2, 0.25) is 0 Å². The summed E-state index contributed by atoms with van der Waals surface area (Å²) in [7, 11) is 0. The van der Waals surface area contributed by atoms with Crippen LogP contribution < -0.4 is 0 Å². The monoisotopic (exact) mass is 814 g/mol. The van der Waals surface area contributed by atoms with E-state index >= 15 is 0 Å². The van der Waals surface area contributed by atoms with Crippen LogP contribution in [0.4, 0.5) is 0 Å². The first kappa shape index (κ1) is 33.9. The number of halogens is 1. The first-order valence-electron chi connectivity index (χ1n) is 20.1. The van der Waals surface area contributed by atoms with Crippen molar-refractivity contribution < 1.29 is 0 Å². The second-order valence-corrected chi connectivity index (χ2v) is 16.4. The number of rotatable bonds is 5. The third-order valence-electron chi connectivity index (χ3n) is 12.1. The van der Waals surface area contributed by atoms with E-state index in [-0.39, 0.29) is 0 Å². The maximum absolute atomic E-state index is 3.91. The topological polar surface area (TPSA) is 9.86 Å².